The smallest absolute Gasteiger partial charge is 0.276 e. The molecule has 1 aromatic heterocycles. The Balaban J connectivity index is 1.84. The van der Waals surface area contributed by atoms with Gasteiger partial charge in [-0.2, -0.15) is 5.10 Å². The molecule has 1 saturated heterocycles. The number of thiocarbonyl (C=S) groups is 1. The monoisotopic (exact) mass is 304 g/mol. The first-order valence-corrected chi connectivity index (χ1v) is 7.84. The molecule has 1 aliphatic heterocycles. The van der Waals surface area contributed by atoms with Crippen molar-refractivity contribution < 1.29 is 4.79 Å². The molecule has 0 spiro atoms. The highest BCUT2D eigenvalue weighted by Gasteiger charge is 2.36. The minimum atomic E-state index is -0.00856. The first-order chi connectivity index (χ1) is 10.1. The van der Waals surface area contributed by atoms with Gasteiger partial charge >= 0.3 is 0 Å². The summed E-state index contributed by atoms with van der Waals surface area (Å²) in [4.78, 5) is 14.4. The highest BCUT2D eigenvalue weighted by atomic mass is 32.1. The van der Waals surface area contributed by atoms with Crippen LogP contribution in [0.3, 0.4) is 0 Å². The summed E-state index contributed by atoms with van der Waals surface area (Å²) in [6, 6.07) is 2.21. The van der Waals surface area contributed by atoms with Gasteiger partial charge in [0.15, 0.2) is 5.11 Å². The fraction of sp³-hybridized carbons (Fsp3) is 0.533. The zero-order valence-electron chi connectivity index (χ0n) is 12.4. The lowest BCUT2D eigenvalue weighted by atomic mass is 9.94. The highest BCUT2D eigenvalue weighted by Crippen LogP contribution is 2.26. The second-order valence-corrected chi connectivity index (χ2v) is 6.18. The Hall–Kier alpha value is -1.69. The third-order valence-corrected chi connectivity index (χ3v) is 4.48. The summed E-state index contributed by atoms with van der Waals surface area (Å²) in [6.07, 6.45) is 7.54. The van der Waals surface area contributed by atoms with Crippen molar-refractivity contribution in [3.8, 4) is 0 Å². The van der Waals surface area contributed by atoms with Crippen molar-refractivity contribution in [2.45, 2.75) is 45.1 Å². The molecule has 112 valence electrons. The summed E-state index contributed by atoms with van der Waals surface area (Å²) in [5.74, 6) is -0.00856. The molecule has 2 heterocycles. The number of carbonyl (C=O) groups excluding carboxylic acids is 1. The molecular weight excluding hydrogens is 284 g/mol. The maximum Gasteiger partial charge on any atom is 0.276 e. The van der Waals surface area contributed by atoms with Gasteiger partial charge < -0.3 is 5.32 Å². The van der Waals surface area contributed by atoms with Crippen LogP contribution in [0.1, 0.15) is 43.5 Å². The zero-order chi connectivity index (χ0) is 15.0. The van der Waals surface area contributed by atoms with Crippen molar-refractivity contribution in [3.05, 3.63) is 23.2 Å². The van der Waals surface area contributed by atoms with Gasteiger partial charge in [0.1, 0.15) is 5.70 Å². The van der Waals surface area contributed by atoms with E-state index in [1.165, 1.54) is 19.3 Å². The molecular formula is C15H20N4OS. The molecule has 0 atom stereocenters. The molecule has 1 saturated carbocycles. The van der Waals surface area contributed by atoms with Crippen LogP contribution in [0.2, 0.25) is 0 Å². The second-order valence-electron chi connectivity index (χ2n) is 5.79. The van der Waals surface area contributed by atoms with Gasteiger partial charge in [-0.05, 0) is 44.1 Å². The zero-order valence-corrected chi connectivity index (χ0v) is 13.2. The summed E-state index contributed by atoms with van der Waals surface area (Å²) in [5, 5.41) is 7.90. The van der Waals surface area contributed by atoms with Crippen LogP contribution in [-0.4, -0.2) is 31.7 Å². The van der Waals surface area contributed by atoms with E-state index < -0.39 is 0 Å². The summed E-state index contributed by atoms with van der Waals surface area (Å²) < 4.78 is 1.77. The van der Waals surface area contributed by atoms with Crippen molar-refractivity contribution in [2.24, 2.45) is 7.05 Å². The van der Waals surface area contributed by atoms with Gasteiger partial charge in [-0.3, -0.25) is 14.4 Å². The lowest BCUT2D eigenvalue weighted by molar-refractivity contribution is -0.124. The summed E-state index contributed by atoms with van der Waals surface area (Å²) in [5.41, 5.74) is 2.38. The fourth-order valence-corrected chi connectivity index (χ4v) is 3.48. The lowest BCUT2D eigenvalue weighted by Gasteiger charge is -2.29. The maximum absolute atomic E-state index is 12.6. The SMILES string of the molecule is Cc1cc(/C=C2/NC(=S)N(C3CCCCC3)C2=O)n(C)n1. The molecule has 21 heavy (non-hydrogen) atoms. The second kappa shape index (κ2) is 5.60. The van der Waals surface area contributed by atoms with E-state index in [-0.39, 0.29) is 11.9 Å². The van der Waals surface area contributed by atoms with Gasteiger partial charge in [0, 0.05) is 13.1 Å². The molecule has 0 unspecified atom stereocenters. The van der Waals surface area contributed by atoms with Gasteiger partial charge in [0.2, 0.25) is 0 Å². The number of nitrogens with one attached hydrogen (secondary N) is 1. The summed E-state index contributed by atoms with van der Waals surface area (Å²) in [7, 11) is 1.87. The number of amides is 1. The van der Waals surface area contributed by atoms with Gasteiger partial charge in [-0.25, -0.2) is 0 Å². The van der Waals surface area contributed by atoms with Gasteiger partial charge in [0.05, 0.1) is 11.4 Å². The molecule has 1 aromatic rings. The van der Waals surface area contributed by atoms with Crippen LogP contribution in [0.25, 0.3) is 6.08 Å². The Morgan fingerprint density at radius 3 is 2.71 bits per heavy atom. The molecule has 0 aromatic carbocycles. The third kappa shape index (κ3) is 2.72. The highest BCUT2D eigenvalue weighted by molar-refractivity contribution is 7.80. The number of aryl methyl sites for hydroxylation is 2. The average molecular weight is 304 g/mol. The summed E-state index contributed by atoms with van der Waals surface area (Å²) in [6.45, 7) is 1.94. The van der Waals surface area contributed by atoms with Crippen LogP contribution < -0.4 is 5.32 Å². The molecule has 0 radical (unpaired) electrons. The van der Waals surface area contributed by atoms with Crippen molar-refractivity contribution in [2.75, 3.05) is 0 Å². The van der Waals surface area contributed by atoms with Crippen LogP contribution in [-0.2, 0) is 11.8 Å². The molecule has 1 N–H and O–H groups in total. The van der Waals surface area contributed by atoms with Crippen molar-refractivity contribution >= 4 is 29.3 Å². The number of hydrogen-bond acceptors (Lipinski definition) is 3. The largest absolute Gasteiger partial charge is 0.328 e. The first-order valence-electron chi connectivity index (χ1n) is 7.43. The van der Waals surface area contributed by atoms with Crippen molar-refractivity contribution in [3.63, 3.8) is 0 Å². The number of rotatable bonds is 2. The minimum Gasteiger partial charge on any atom is -0.328 e. The van der Waals surface area contributed by atoms with E-state index in [0.29, 0.717) is 10.8 Å². The Morgan fingerprint density at radius 2 is 2.10 bits per heavy atom. The van der Waals surface area contributed by atoms with Crippen LogP contribution >= 0.6 is 12.2 Å². The van der Waals surface area contributed by atoms with Crippen molar-refractivity contribution in [1.82, 2.24) is 20.0 Å². The van der Waals surface area contributed by atoms with Crippen LogP contribution in [0.15, 0.2) is 11.8 Å². The fourth-order valence-electron chi connectivity index (χ4n) is 3.13. The van der Waals surface area contributed by atoms with Crippen LogP contribution in [0.5, 0.6) is 0 Å². The van der Waals surface area contributed by atoms with E-state index in [0.717, 1.165) is 24.2 Å². The maximum atomic E-state index is 12.6. The molecule has 5 nitrogen and oxygen atoms in total. The quantitative estimate of drug-likeness (QED) is 0.672. The Morgan fingerprint density at radius 1 is 1.38 bits per heavy atom. The van der Waals surface area contributed by atoms with E-state index in [1.54, 1.807) is 9.58 Å². The van der Waals surface area contributed by atoms with Crippen LogP contribution in [0, 0.1) is 6.92 Å². The van der Waals surface area contributed by atoms with E-state index in [4.69, 9.17) is 12.2 Å². The average Bonchev–Trinajstić information content (AvgIpc) is 2.91. The normalized spacial score (nSPS) is 22.2. The predicted octanol–water partition coefficient (Wildman–Crippen LogP) is 2.12. The third-order valence-electron chi connectivity index (χ3n) is 4.18. The van der Waals surface area contributed by atoms with E-state index >= 15 is 0 Å². The molecule has 3 rings (SSSR count). The van der Waals surface area contributed by atoms with Gasteiger partial charge in [-0.15, -0.1) is 0 Å². The molecule has 0 bridgehead atoms. The van der Waals surface area contributed by atoms with E-state index in [9.17, 15) is 4.79 Å². The number of carbonyl (C=O) groups is 1. The van der Waals surface area contributed by atoms with E-state index in [1.807, 2.05) is 26.1 Å². The number of nitrogens with zero attached hydrogens (tertiary/aromatic N) is 3. The standard InChI is InChI=1S/C15H20N4OS/c1-10-8-12(18(2)17-10)9-13-14(20)19(15(21)16-13)11-6-4-3-5-7-11/h8-9,11H,3-7H2,1-2H3,(H,16,21)/b13-9+. The van der Waals surface area contributed by atoms with Gasteiger partial charge in [0.25, 0.3) is 5.91 Å². The Kier molecular flexibility index (Phi) is 3.80. The lowest BCUT2D eigenvalue weighted by Crippen LogP contribution is -2.41. The van der Waals surface area contributed by atoms with Gasteiger partial charge in [-0.1, -0.05) is 19.3 Å². The Bertz CT molecular complexity index is 613. The number of hydrogen-bond donors (Lipinski definition) is 1. The van der Waals surface area contributed by atoms with E-state index in [2.05, 4.69) is 10.4 Å². The molecule has 1 aliphatic carbocycles. The first kappa shape index (κ1) is 14.3. The van der Waals surface area contributed by atoms with Crippen molar-refractivity contribution in [1.29, 1.82) is 0 Å². The number of aromatic nitrogens is 2. The predicted molar refractivity (Wildman–Crippen MR) is 85.4 cm³/mol. The Labute approximate surface area is 130 Å². The molecule has 2 aliphatic rings. The molecule has 6 heteroatoms. The molecule has 2 fully saturated rings. The molecule has 1 amide bonds. The van der Waals surface area contributed by atoms with Crippen LogP contribution in [0.4, 0.5) is 0 Å². The minimum absolute atomic E-state index is 0.00856. The topological polar surface area (TPSA) is 50.2 Å². The summed E-state index contributed by atoms with van der Waals surface area (Å²) >= 11 is 5.36.